The zero-order valence-electron chi connectivity index (χ0n) is 19.8. The number of amides is 1. The molecule has 194 valence electrons. The minimum Gasteiger partial charge on any atom is -0.495 e. The van der Waals surface area contributed by atoms with Crippen LogP contribution in [0.15, 0.2) is 71.6 Å². The summed E-state index contributed by atoms with van der Waals surface area (Å²) in [6.07, 6.45) is -1.30. The van der Waals surface area contributed by atoms with Crippen LogP contribution in [0.2, 0.25) is 5.02 Å². The van der Waals surface area contributed by atoms with Crippen molar-refractivity contribution < 1.29 is 36.7 Å². The number of sulfonamides is 1. The summed E-state index contributed by atoms with van der Waals surface area (Å²) >= 11 is 6.07. The van der Waals surface area contributed by atoms with Crippen LogP contribution in [0.25, 0.3) is 0 Å². The van der Waals surface area contributed by atoms with E-state index in [1.54, 1.807) is 25.1 Å². The molecule has 0 N–H and O–H groups in total. The highest BCUT2D eigenvalue weighted by Gasteiger charge is 2.40. The maximum atomic E-state index is 14.9. The summed E-state index contributed by atoms with van der Waals surface area (Å²) in [6.45, 7) is 1.19. The number of halogens is 2. The van der Waals surface area contributed by atoms with Crippen LogP contribution < -0.4 is 18.9 Å². The molecule has 1 amide bonds. The fourth-order valence-electron chi connectivity index (χ4n) is 3.73. The highest BCUT2D eigenvalue weighted by molar-refractivity contribution is 7.93. The summed E-state index contributed by atoms with van der Waals surface area (Å²) in [6, 6.07) is 15.4. The molecule has 0 spiro atoms. The molecule has 0 saturated heterocycles. The summed E-state index contributed by atoms with van der Waals surface area (Å²) in [4.78, 5) is 25.1. The van der Waals surface area contributed by atoms with E-state index in [1.807, 2.05) is 0 Å². The van der Waals surface area contributed by atoms with E-state index in [-0.39, 0.29) is 50.1 Å². The zero-order chi connectivity index (χ0) is 26.7. The normalized spacial score (nSPS) is 14.8. The lowest BCUT2D eigenvalue weighted by molar-refractivity contribution is -0.151. The SMILES string of the molecule is CCOC(=O)C1CN(S(=O)(=O)c2cc(Cl)ccc2OC)c2cc(C(=O)N(F)c3ccccc3)ccc2O1. The average Bonchev–Trinajstić information content (AvgIpc) is 2.91. The van der Waals surface area contributed by atoms with Gasteiger partial charge in [-0.05, 0) is 55.5 Å². The van der Waals surface area contributed by atoms with Gasteiger partial charge in [-0.1, -0.05) is 34.3 Å². The standard InChI is InChI=1S/C25H22ClFN2O7S/c1-3-35-25(31)22-15-28(37(32,33)23-14-17(26)10-12-21(23)34-2)19-13-16(9-11-20(19)36-22)24(30)29(27)18-7-5-4-6-8-18/h4-14,22H,3,15H2,1-2H3. The summed E-state index contributed by atoms with van der Waals surface area (Å²) < 4.78 is 59.4. The van der Waals surface area contributed by atoms with Crippen LogP contribution in [0.1, 0.15) is 17.3 Å². The molecule has 3 aromatic carbocycles. The lowest BCUT2D eigenvalue weighted by Crippen LogP contribution is -2.47. The van der Waals surface area contributed by atoms with Gasteiger partial charge in [0, 0.05) is 10.6 Å². The number of nitrogens with zero attached hydrogens (tertiary/aromatic N) is 2. The molecule has 1 aliphatic rings. The average molecular weight is 549 g/mol. The van der Waals surface area contributed by atoms with E-state index in [2.05, 4.69) is 0 Å². The lowest BCUT2D eigenvalue weighted by atomic mass is 10.1. The van der Waals surface area contributed by atoms with E-state index in [9.17, 15) is 22.5 Å². The largest absolute Gasteiger partial charge is 0.495 e. The van der Waals surface area contributed by atoms with Crippen LogP contribution >= 0.6 is 11.6 Å². The van der Waals surface area contributed by atoms with Crippen LogP contribution in [-0.4, -0.2) is 46.7 Å². The van der Waals surface area contributed by atoms with Gasteiger partial charge < -0.3 is 14.2 Å². The van der Waals surface area contributed by atoms with E-state index >= 15 is 0 Å². The number of fused-ring (bicyclic) bond motifs is 1. The molecule has 3 aromatic rings. The predicted octanol–water partition coefficient (Wildman–Crippen LogP) is 4.40. The molecule has 4 rings (SSSR count). The van der Waals surface area contributed by atoms with E-state index in [1.165, 1.54) is 55.6 Å². The van der Waals surface area contributed by atoms with Gasteiger partial charge >= 0.3 is 5.97 Å². The Morgan fingerprint density at radius 1 is 1.14 bits per heavy atom. The number of carbonyl (C=O) groups is 2. The van der Waals surface area contributed by atoms with Gasteiger partial charge in [-0.3, -0.25) is 9.10 Å². The van der Waals surface area contributed by atoms with Gasteiger partial charge in [-0.2, -0.15) is 0 Å². The van der Waals surface area contributed by atoms with E-state index in [4.69, 9.17) is 25.8 Å². The molecular formula is C25H22ClFN2O7S. The highest BCUT2D eigenvalue weighted by atomic mass is 35.5. The molecule has 0 saturated carbocycles. The minimum absolute atomic E-state index is 0.00279. The lowest BCUT2D eigenvalue weighted by Gasteiger charge is -2.34. The van der Waals surface area contributed by atoms with Gasteiger partial charge in [-0.25, -0.2) is 13.2 Å². The first-order valence-corrected chi connectivity index (χ1v) is 12.9. The third kappa shape index (κ3) is 5.18. The van der Waals surface area contributed by atoms with Gasteiger partial charge in [-0.15, -0.1) is 5.12 Å². The van der Waals surface area contributed by atoms with E-state index in [0.29, 0.717) is 0 Å². The van der Waals surface area contributed by atoms with Gasteiger partial charge in [0.25, 0.3) is 15.9 Å². The van der Waals surface area contributed by atoms with Crippen molar-refractivity contribution in [2.75, 3.05) is 29.7 Å². The second-order valence-corrected chi connectivity index (χ2v) is 10.1. The van der Waals surface area contributed by atoms with Gasteiger partial charge in [0.05, 0.1) is 31.6 Å². The third-order valence-corrected chi connectivity index (χ3v) is 7.52. The number of benzene rings is 3. The molecule has 1 unspecified atom stereocenters. The second kappa shape index (κ2) is 10.7. The monoisotopic (exact) mass is 548 g/mol. The molecular weight excluding hydrogens is 527 g/mol. The summed E-state index contributed by atoms with van der Waals surface area (Å²) in [5.41, 5.74) is -0.228. The Hall–Kier alpha value is -3.83. The van der Waals surface area contributed by atoms with Crippen molar-refractivity contribution in [3.05, 3.63) is 77.3 Å². The first-order chi connectivity index (χ1) is 17.7. The molecule has 0 aliphatic carbocycles. The summed E-state index contributed by atoms with van der Waals surface area (Å²) in [5, 5.41) is 0.0840. The fourth-order valence-corrected chi connectivity index (χ4v) is 5.62. The topological polar surface area (TPSA) is 102 Å². The molecule has 0 fully saturated rings. The molecule has 1 aliphatic heterocycles. The molecule has 1 atom stereocenters. The van der Waals surface area contributed by atoms with Crippen molar-refractivity contribution in [1.29, 1.82) is 0 Å². The Balaban J connectivity index is 1.82. The van der Waals surface area contributed by atoms with Crippen molar-refractivity contribution in [2.24, 2.45) is 0 Å². The summed E-state index contributed by atoms with van der Waals surface area (Å²) in [7, 11) is -3.12. The number of hydrogen-bond acceptors (Lipinski definition) is 7. The fraction of sp³-hybridized carbons (Fsp3) is 0.200. The Kier molecular flexibility index (Phi) is 7.55. The number of ether oxygens (including phenoxy) is 3. The Morgan fingerprint density at radius 2 is 1.86 bits per heavy atom. The van der Waals surface area contributed by atoms with E-state index < -0.39 is 34.5 Å². The number of esters is 1. The maximum Gasteiger partial charge on any atom is 0.349 e. The first-order valence-electron chi connectivity index (χ1n) is 11.1. The van der Waals surface area contributed by atoms with Gasteiger partial charge in [0.1, 0.15) is 16.4 Å². The molecule has 37 heavy (non-hydrogen) atoms. The number of methoxy groups -OCH3 is 1. The molecule has 0 radical (unpaired) electrons. The van der Waals surface area contributed by atoms with Gasteiger partial charge in [0.15, 0.2) is 0 Å². The number of rotatable bonds is 7. The van der Waals surface area contributed by atoms with Crippen LogP contribution in [0.3, 0.4) is 0 Å². The Morgan fingerprint density at radius 3 is 2.54 bits per heavy atom. The number of para-hydroxylation sites is 1. The first kappa shape index (κ1) is 26.2. The van der Waals surface area contributed by atoms with Crippen molar-refractivity contribution in [3.8, 4) is 11.5 Å². The maximum absolute atomic E-state index is 14.9. The molecule has 0 bridgehead atoms. The van der Waals surface area contributed by atoms with Gasteiger partial charge in [0.2, 0.25) is 6.10 Å². The molecule has 9 nitrogen and oxygen atoms in total. The van der Waals surface area contributed by atoms with Crippen LogP contribution in [0.4, 0.5) is 15.9 Å². The zero-order valence-corrected chi connectivity index (χ0v) is 21.3. The smallest absolute Gasteiger partial charge is 0.349 e. The van der Waals surface area contributed by atoms with Crippen molar-refractivity contribution in [3.63, 3.8) is 0 Å². The minimum atomic E-state index is -4.42. The second-order valence-electron chi connectivity index (χ2n) is 7.79. The van der Waals surface area contributed by atoms with Crippen molar-refractivity contribution in [2.45, 2.75) is 17.9 Å². The molecule has 12 heteroatoms. The van der Waals surface area contributed by atoms with Crippen molar-refractivity contribution >= 4 is 44.9 Å². The van der Waals surface area contributed by atoms with Crippen LogP contribution in [0, 0.1) is 0 Å². The summed E-state index contributed by atoms with van der Waals surface area (Å²) in [5.74, 6) is -1.81. The molecule has 1 heterocycles. The quantitative estimate of drug-likeness (QED) is 0.318. The Bertz CT molecular complexity index is 1440. The highest BCUT2D eigenvalue weighted by Crippen LogP contribution is 2.40. The predicted molar refractivity (Wildman–Crippen MR) is 134 cm³/mol. The number of anilines is 2. The number of carbonyl (C=O) groups excluding carboxylic acids is 2. The van der Waals surface area contributed by atoms with Crippen LogP contribution in [0.5, 0.6) is 11.5 Å². The Labute approximate surface area is 217 Å². The van der Waals surface area contributed by atoms with Crippen LogP contribution in [-0.2, 0) is 19.6 Å². The third-order valence-electron chi connectivity index (χ3n) is 5.48. The van der Waals surface area contributed by atoms with E-state index in [0.717, 1.165) is 4.31 Å². The number of hydrogen-bond donors (Lipinski definition) is 0. The molecule has 0 aromatic heterocycles. The van der Waals surface area contributed by atoms with Crippen molar-refractivity contribution in [1.82, 2.24) is 0 Å².